The molecule has 1 saturated heterocycles. The number of aromatic nitrogens is 2. The van der Waals surface area contributed by atoms with Gasteiger partial charge in [-0.25, -0.2) is 0 Å². The van der Waals surface area contributed by atoms with Crippen LogP contribution in [0.15, 0.2) is 0 Å². The predicted octanol–water partition coefficient (Wildman–Crippen LogP) is 0.453. The highest BCUT2D eigenvalue weighted by atomic mass is 35.5. The van der Waals surface area contributed by atoms with Crippen LogP contribution < -0.4 is 5.32 Å². The Hall–Kier alpha value is -1.60. The maximum absolute atomic E-state index is 12.2. The van der Waals surface area contributed by atoms with Gasteiger partial charge in [-0.3, -0.25) is 14.3 Å². The van der Waals surface area contributed by atoms with E-state index in [1.165, 1.54) is 4.68 Å². The lowest BCUT2D eigenvalue weighted by atomic mass is 10.3. The molecule has 116 valence electrons. The number of hydrogen-bond acceptors (Lipinski definition) is 4. The summed E-state index contributed by atoms with van der Waals surface area (Å²) in [6.45, 7) is 6.28. The molecule has 0 atom stereocenters. The van der Waals surface area contributed by atoms with Gasteiger partial charge in [-0.15, -0.1) is 0 Å². The van der Waals surface area contributed by atoms with Gasteiger partial charge in [0.15, 0.2) is 0 Å². The summed E-state index contributed by atoms with van der Waals surface area (Å²) < 4.78 is 6.72. The molecule has 0 radical (unpaired) electrons. The normalized spacial score (nSPS) is 15.1. The first-order valence-electron chi connectivity index (χ1n) is 6.91. The van der Waals surface area contributed by atoms with Crippen LogP contribution in [0, 0.1) is 6.92 Å². The summed E-state index contributed by atoms with van der Waals surface area (Å²) in [5.74, 6) is -0.508. The third-order valence-corrected chi connectivity index (χ3v) is 3.79. The average molecular weight is 315 g/mol. The molecule has 2 amide bonds. The molecule has 0 aliphatic carbocycles. The summed E-state index contributed by atoms with van der Waals surface area (Å²) in [6.07, 6.45) is 0. The molecule has 1 aliphatic heterocycles. The molecule has 1 fully saturated rings. The minimum Gasteiger partial charge on any atom is -0.378 e. The van der Waals surface area contributed by atoms with Crippen LogP contribution in [0.1, 0.15) is 23.1 Å². The summed E-state index contributed by atoms with van der Waals surface area (Å²) in [4.78, 5) is 25.8. The molecule has 1 N–H and O–H groups in total. The summed E-state index contributed by atoms with van der Waals surface area (Å²) >= 11 is 6.10. The van der Waals surface area contributed by atoms with Gasteiger partial charge < -0.3 is 15.0 Å². The first-order valence-corrected chi connectivity index (χ1v) is 7.29. The Labute approximate surface area is 128 Å². The number of carbonyl (C=O) groups is 2. The molecule has 21 heavy (non-hydrogen) atoms. The van der Waals surface area contributed by atoms with Crippen molar-refractivity contribution in [2.45, 2.75) is 20.4 Å². The van der Waals surface area contributed by atoms with Gasteiger partial charge in [0.05, 0.1) is 30.5 Å². The van der Waals surface area contributed by atoms with Crippen LogP contribution in [-0.2, 0) is 16.1 Å². The number of carbonyl (C=O) groups excluding carboxylic acids is 2. The van der Waals surface area contributed by atoms with Crippen molar-refractivity contribution >= 4 is 23.4 Å². The maximum atomic E-state index is 12.2. The second-order valence-electron chi connectivity index (χ2n) is 4.74. The summed E-state index contributed by atoms with van der Waals surface area (Å²) in [5, 5.41) is 7.11. The summed E-state index contributed by atoms with van der Waals surface area (Å²) in [6, 6.07) is 0. The van der Waals surface area contributed by atoms with Crippen molar-refractivity contribution in [1.82, 2.24) is 20.0 Å². The topological polar surface area (TPSA) is 76.5 Å². The SMILES string of the molecule is CCn1nc(C)c(Cl)c1C(=O)NCC(=O)N1CCOCC1. The fraction of sp³-hybridized carbons (Fsp3) is 0.615. The van der Waals surface area contributed by atoms with E-state index in [1.807, 2.05) is 6.92 Å². The number of rotatable bonds is 4. The number of amides is 2. The maximum Gasteiger partial charge on any atom is 0.271 e. The largest absolute Gasteiger partial charge is 0.378 e. The van der Waals surface area contributed by atoms with Crippen molar-refractivity contribution in [3.63, 3.8) is 0 Å². The lowest BCUT2D eigenvalue weighted by Gasteiger charge is -2.26. The first-order chi connectivity index (χ1) is 10.0. The van der Waals surface area contributed by atoms with Gasteiger partial charge in [0, 0.05) is 19.6 Å². The molecular formula is C13H19ClN4O3. The molecule has 0 bridgehead atoms. The lowest BCUT2D eigenvalue weighted by molar-refractivity contribution is -0.134. The van der Waals surface area contributed by atoms with E-state index in [0.29, 0.717) is 49.3 Å². The summed E-state index contributed by atoms with van der Waals surface area (Å²) in [5.41, 5.74) is 0.898. The summed E-state index contributed by atoms with van der Waals surface area (Å²) in [7, 11) is 0. The third kappa shape index (κ3) is 3.54. The van der Waals surface area contributed by atoms with Crippen LogP contribution >= 0.6 is 11.6 Å². The highest BCUT2D eigenvalue weighted by Crippen LogP contribution is 2.19. The zero-order valence-electron chi connectivity index (χ0n) is 12.2. The van der Waals surface area contributed by atoms with Gasteiger partial charge in [-0.05, 0) is 13.8 Å². The van der Waals surface area contributed by atoms with Crippen molar-refractivity contribution < 1.29 is 14.3 Å². The van der Waals surface area contributed by atoms with E-state index in [0.717, 1.165) is 0 Å². The Kier molecular flexibility index (Phi) is 5.19. The van der Waals surface area contributed by atoms with Crippen molar-refractivity contribution in [3.05, 3.63) is 16.4 Å². The molecule has 2 heterocycles. The van der Waals surface area contributed by atoms with Crippen LogP contribution in [-0.4, -0.2) is 59.3 Å². The number of nitrogens with zero attached hydrogens (tertiary/aromatic N) is 3. The van der Waals surface area contributed by atoms with Crippen LogP contribution in [0.2, 0.25) is 5.02 Å². The van der Waals surface area contributed by atoms with Gasteiger partial charge in [0.1, 0.15) is 5.69 Å². The predicted molar refractivity (Wildman–Crippen MR) is 77.4 cm³/mol. The van der Waals surface area contributed by atoms with E-state index in [9.17, 15) is 9.59 Å². The molecule has 1 aromatic rings. The smallest absolute Gasteiger partial charge is 0.271 e. The highest BCUT2D eigenvalue weighted by Gasteiger charge is 2.22. The van der Waals surface area contributed by atoms with E-state index in [1.54, 1.807) is 11.8 Å². The number of halogens is 1. The fourth-order valence-electron chi connectivity index (χ4n) is 2.17. The van der Waals surface area contributed by atoms with Crippen molar-refractivity contribution in [2.24, 2.45) is 0 Å². The fourth-order valence-corrected chi connectivity index (χ4v) is 2.39. The van der Waals surface area contributed by atoms with Gasteiger partial charge >= 0.3 is 0 Å². The standard InChI is InChI=1S/C13H19ClN4O3/c1-3-18-12(11(14)9(2)16-18)13(20)15-8-10(19)17-4-6-21-7-5-17/h3-8H2,1-2H3,(H,15,20). The Bertz CT molecular complexity index is 538. The number of aryl methyl sites for hydroxylation is 2. The monoisotopic (exact) mass is 314 g/mol. The quantitative estimate of drug-likeness (QED) is 0.875. The molecular weight excluding hydrogens is 296 g/mol. The van der Waals surface area contributed by atoms with E-state index in [-0.39, 0.29) is 18.4 Å². The van der Waals surface area contributed by atoms with Crippen LogP contribution in [0.5, 0.6) is 0 Å². The molecule has 0 unspecified atom stereocenters. The zero-order chi connectivity index (χ0) is 15.4. The molecule has 1 aliphatic rings. The molecule has 2 rings (SSSR count). The average Bonchev–Trinajstić information content (AvgIpc) is 2.80. The number of hydrogen-bond donors (Lipinski definition) is 1. The molecule has 1 aromatic heterocycles. The number of nitrogens with one attached hydrogen (secondary N) is 1. The number of morpholine rings is 1. The Morgan fingerprint density at radius 1 is 1.38 bits per heavy atom. The van der Waals surface area contributed by atoms with Gasteiger partial charge in [0.25, 0.3) is 5.91 Å². The lowest BCUT2D eigenvalue weighted by Crippen LogP contribution is -2.45. The van der Waals surface area contributed by atoms with Crippen molar-refractivity contribution in [1.29, 1.82) is 0 Å². The van der Waals surface area contributed by atoms with Crippen LogP contribution in [0.4, 0.5) is 0 Å². The van der Waals surface area contributed by atoms with Crippen LogP contribution in [0.3, 0.4) is 0 Å². The van der Waals surface area contributed by atoms with E-state index in [4.69, 9.17) is 16.3 Å². The van der Waals surface area contributed by atoms with E-state index in [2.05, 4.69) is 10.4 Å². The van der Waals surface area contributed by atoms with Crippen LogP contribution in [0.25, 0.3) is 0 Å². The van der Waals surface area contributed by atoms with E-state index < -0.39 is 0 Å². The minimum atomic E-state index is -0.385. The minimum absolute atomic E-state index is 0.0525. The first kappa shape index (κ1) is 15.8. The Morgan fingerprint density at radius 2 is 2.05 bits per heavy atom. The second kappa shape index (κ2) is 6.91. The molecule has 0 spiro atoms. The third-order valence-electron chi connectivity index (χ3n) is 3.33. The second-order valence-corrected chi connectivity index (χ2v) is 5.12. The molecule has 0 aromatic carbocycles. The highest BCUT2D eigenvalue weighted by molar-refractivity contribution is 6.34. The molecule has 0 saturated carbocycles. The van der Waals surface area contributed by atoms with Crippen molar-refractivity contribution in [2.75, 3.05) is 32.8 Å². The van der Waals surface area contributed by atoms with E-state index >= 15 is 0 Å². The molecule has 8 heteroatoms. The number of ether oxygens (including phenoxy) is 1. The van der Waals surface area contributed by atoms with Crippen molar-refractivity contribution in [3.8, 4) is 0 Å². The Morgan fingerprint density at radius 3 is 2.67 bits per heavy atom. The van der Waals surface area contributed by atoms with Gasteiger partial charge in [0.2, 0.25) is 5.91 Å². The Balaban J connectivity index is 1.97. The molecule has 7 nitrogen and oxygen atoms in total. The zero-order valence-corrected chi connectivity index (χ0v) is 12.9. The van der Waals surface area contributed by atoms with Gasteiger partial charge in [-0.2, -0.15) is 5.10 Å². The van der Waals surface area contributed by atoms with Gasteiger partial charge in [-0.1, -0.05) is 11.6 Å².